The van der Waals surface area contributed by atoms with Crippen LogP contribution in [-0.4, -0.2) is 56.5 Å². The zero-order chi connectivity index (χ0) is 25.2. The Hall–Kier alpha value is -3.24. The molecule has 2 atom stereocenters. The second kappa shape index (κ2) is 10.4. The molecule has 1 N–H and O–H groups in total. The SMILES string of the molecule is COCCN(CC1CCC[C@H](C)C1)c1nc2cc(-c3noc(=O)[nH]3)nc(-c3cncc(Cl)c3)c2n1C. The molecule has 0 spiro atoms. The molecule has 4 heterocycles. The molecule has 1 fully saturated rings. The molecule has 1 aliphatic rings. The number of rotatable bonds is 8. The van der Waals surface area contributed by atoms with Gasteiger partial charge in [0.05, 0.1) is 28.4 Å². The molecule has 11 heteroatoms. The molecule has 5 rings (SSSR count). The van der Waals surface area contributed by atoms with Crippen molar-refractivity contribution in [2.24, 2.45) is 18.9 Å². The molecule has 0 aliphatic heterocycles. The molecule has 0 amide bonds. The third-order valence-corrected chi connectivity index (χ3v) is 7.07. The van der Waals surface area contributed by atoms with E-state index in [0.29, 0.717) is 28.9 Å². The molecule has 36 heavy (non-hydrogen) atoms. The van der Waals surface area contributed by atoms with E-state index in [1.54, 1.807) is 19.5 Å². The van der Waals surface area contributed by atoms with E-state index >= 15 is 0 Å². The van der Waals surface area contributed by atoms with Crippen LogP contribution < -0.4 is 10.7 Å². The van der Waals surface area contributed by atoms with Crippen LogP contribution in [-0.2, 0) is 11.8 Å². The lowest BCUT2D eigenvalue weighted by Gasteiger charge is -2.32. The van der Waals surface area contributed by atoms with E-state index in [0.717, 1.165) is 41.6 Å². The van der Waals surface area contributed by atoms with E-state index in [1.165, 1.54) is 25.7 Å². The third kappa shape index (κ3) is 5.01. The van der Waals surface area contributed by atoms with Crippen molar-refractivity contribution in [3.63, 3.8) is 0 Å². The Morgan fingerprint density at radius 3 is 2.86 bits per heavy atom. The maximum absolute atomic E-state index is 11.6. The Balaban J connectivity index is 1.64. The number of ether oxygens (including phenoxy) is 1. The largest absolute Gasteiger partial charge is 0.439 e. The fourth-order valence-electron chi connectivity index (χ4n) is 5.22. The maximum Gasteiger partial charge on any atom is 0.439 e. The third-order valence-electron chi connectivity index (χ3n) is 6.86. The topological polar surface area (TPSA) is 115 Å². The first kappa shape index (κ1) is 24.5. The smallest absolute Gasteiger partial charge is 0.383 e. The van der Waals surface area contributed by atoms with Gasteiger partial charge in [-0.25, -0.2) is 14.8 Å². The van der Waals surface area contributed by atoms with Crippen LogP contribution in [0.3, 0.4) is 0 Å². The zero-order valence-corrected chi connectivity index (χ0v) is 21.5. The summed E-state index contributed by atoms with van der Waals surface area (Å²) in [6.07, 6.45) is 8.30. The van der Waals surface area contributed by atoms with Crippen molar-refractivity contribution in [3.05, 3.63) is 40.1 Å². The number of hydrogen-bond donors (Lipinski definition) is 1. The summed E-state index contributed by atoms with van der Waals surface area (Å²) in [5, 5.41) is 4.32. The minimum Gasteiger partial charge on any atom is -0.383 e. The van der Waals surface area contributed by atoms with Gasteiger partial charge in [0, 0.05) is 45.2 Å². The molecule has 1 aliphatic carbocycles. The zero-order valence-electron chi connectivity index (χ0n) is 20.7. The van der Waals surface area contributed by atoms with Crippen LogP contribution in [0.2, 0.25) is 5.02 Å². The van der Waals surface area contributed by atoms with Crippen molar-refractivity contribution in [2.45, 2.75) is 32.6 Å². The van der Waals surface area contributed by atoms with Crippen molar-refractivity contribution < 1.29 is 9.26 Å². The molecule has 0 saturated heterocycles. The molecule has 10 nitrogen and oxygen atoms in total. The molecular formula is C25H30ClN7O3. The Morgan fingerprint density at radius 1 is 1.28 bits per heavy atom. The molecule has 0 radical (unpaired) electrons. The van der Waals surface area contributed by atoms with E-state index < -0.39 is 5.76 Å². The number of hydrogen-bond acceptors (Lipinski definition) is 8. The van der Waals surface area contributed by atoms with Gasteiger partial charge < -0.3 is 14.2 Å². The highest BCUT2D eigenvalue weighted by Gasteiger charge is 2.26. The van der Waals surface area contributed by atoms with Gasteiger partial charge in [-0.1, -0.05) is 36.5 Å². The van der Waals surface area contributed by atoms with Crippen molar-refractivity contribution >= 4 is 28.6 Å². The average Bonchev–Trinajstić information content (AvgIpc) is 3.44. The van der Waals surface area contributed by atoms with Crippen LogP contribution in [0.25, 0.3) is 33.8 Å². The number of aryl methyl sites for hydroxylation is 1. The van der Waals surface area contributed by atoms with Gasteiger partial charge >= 0.3 is 5.76 Å². The lowest BCUT2D eigenvalue weighted by Crippen LogP contribution is -2.35. The van der Waals surface area contributed by atoms with Gasteiger partial charge in [-0.2, -0.15) is 0 Å². The van der Waals surface area contributed by atoms with Crippen molar-refractivity contribution in [2.75, 3.05) is 31.7 Å². The fraction of sp³-hybridized carbons (Fsp3) is 0.480. The summed E-state index contributed by atoms with van der Waals surface area (Å²) >= 11 is 6.27. The number of aromatic amines is 1. The predicted octanol–water partition coefficient (Wildman–Crippen LogP) is 4.31. The Labute approximate surface area is 213 Å². The van der Waals surface area contributed by atoms with Crippen LogP contribution >= 0.6 is 11.6 Å². The predicted molar refractivity (Wildman–Crippen MR) is 138 cm³/mol. The minimum atomic E-state index is -0.646. The van der Waals surface area contributed by atoms with Gasteiger partial charge in [0.25, 0.3) is 0 Å². The minimum absolute atomic E-state index is 0.234. The quantitative estimate of drug-likeness (QED) is 0.372. The van der Waals surface area contributed by atoms with Gasteiger partial charge in [-0.05, 0) is 36.8 Å². The Kier molecular flexibility index (Phi) is 7.06. The lowest BCUT2D eigenvalue weighted by molar-refractivity contribution is 0.201. The van der Waals surface area contributed by atoms with Crippen LogP contribution in [0, 0.1) is 11.8 Å². The second-order valence-corrected chi connectivity index (χ2v) is 10.0. The van der Waals surface area contributed by atoms with Crippen molar-refractivity contribution in [3.8, 4) is 22.8 Å². The van der Waals surface area contributed by atoms with E-state index in [-0.39, 0.29) is 5.82 Å². The summed E-state index contributed by atoms with van der Waals surface area (Å²) in [6, 6.07) is 3.62. The van der Waals surface area contributed by atoms with Gasteiger partial charge in [0.1, 0.15) is 5.69 Å². The number of halogens is 1. The van der Waals surface area contributed by atoms with Gasteiger partial charge in [-0.3, -0.25) is 14.5 Å². The number of fused-ring (bicyclic) bond motifs is 1. The summed E-state index contributed by atoms with van der Waals surface area (Å²) in [7, 11) is 3.71. The van der Waals surface area contributed by atoms with Crippen molar-refractivity contribution in [1.82, 2.24) is 29.7 Å². The standard InChI is InChI=1S/C25H30ClN7O3/c1-15-5-4-6-16(9-15)14-33(7-8-35-3)24-29-19-11-20(23-30-25(34)36-31-23)28-21(22(19)32(24)2)17-10-18(26)13-27-12-17/h10-13,15-16H,4-9,14H2,1-3H3,(H,30,31,34)/t15-,16?/m0/s1. The van der Waals surface area contributed by atoms with E-state index in [1.807, 2.05) is 19.2 Å². The van der Waals surface area contributed by atoms with Gasteiger partial charge in [-0.15, -0.1) is 0 Å². The summed E-state index contributed by atoms with van der Waals surface area (Å²) in [6.45, 7) is 4.58. The summed E-state index contributed by atoms with van der Waals surface area (Å²) < 4.78 is 12.2. The average molecular weight is 512 g/mol. The maximum atomic E-state index is 11.6. The Bertz CT molecular complexity index is 1410. The highest BCUT2D eigenvalue weighted by Crippen LogP contribution is 2.35. The molecule has 1 saturated carbocycles. The fourth-order valence-corrected chi connectivity index (χ4v) is 5.40. The first-order valence-electron chi connectivity index (χ1n) is 12.2. The van der Waals surface area contributed by atoms with Gasteiger partial charge in [0.15, 0.2) is 0 Å². The van der Waals surface area contributed by atoms with Gasteiger partial charge in [0.2, 0.25) is 11.8 Å². The lowest BCUT2D eigenvalue weighted by atomic mass is 9.82. The first-order chi connectivity index (χ1) is 17.4. The molecule has 1 unspecified atom stereocenters. The summed E-state index contributed by atoms with van der Waals surface area (Å²) in [4.78, 5) is 30.6. The molecule has 0 aromatic carbocycles. The molecule has 4 aromatic rings. The van der Waals surface area contributed by atoms with Crippen LogP contribution in [0.1, 0.15) is 32.6 Å². The Morgan fingerprint density at radius 2 is 2.14 bits per heavy atom. The number of pyridine rings is 2. The summed E-state index contributed by atoms with van der Waals surface area (Å²) in [5.41, 5.74) is 3.37. The second-order valence-electron chi connectivity index (χ2n) is 9.61. The number of anilines is 1. The number of imidazole rings is 1. The molecule has 0 bridgehead atoms. The monoisotopic (exact) mass is 511 g/mol. The van der Waals surface area contributed by atoms with Crippen LogP contribution in [0.4, 0.5) is 5.95 Å². The van der Waals surface area contributed by atoms with E-state index in [2.05, 4.69) is 31.5 Å². The van der Waals surface area contributed by atoms with Crippen LogP contribution in [0.5, 0.6) is 0 Å². The number of nitrogens with one attached hydrogen (secondary N) is 1. The highest BCUT2D eigenvalue weighted by molar-refractivity contribution is 6.30. The number of methoxy groups -OCH3 is 1. The van der Waals surface area contributed by atoms with Crippen molar-refractivity contribution in [1.29, 1.82) is 0 Å². The van der Waals surface area contributed by atoms with Crippen LogP contribution in [0.15, 0.2) is 33.8 Å². The number of aromatic nitrogens is 6. The number of nitrogens with zero attached hydrogens (tertiary/aromatic N) is 6. The number of H-pyrrole nitrogens is 1. The highest BCUT2D eigenvalue weighted by atomic mass is 35.5. The normalized spacial score (nSPS) is 18.1. The first-order valence-corrected chi connectivity index (χ1v) is 12.6. The van der Waals surface area contributed by atoms with E-state index in [9.17, 15) is 4.79 Å². The van der Waals surface area contributed by atoms with E-state index in [4.69, 9.17) is 30.8 Å². The molecular weight excluding hydrogens is 482 g/mol. The summed E-state index contributed by atoms with van der Waals surface area (Å²) in [5.74, 6) is 1.77. The molecule has 190 valence electrons. The molecule has 4 aromatic heterocycles.